The number of halogens is 2. The van der Waals surface area contributed by atoms with Crippen LogP contribution in [0, 0.1) is 0 Å². The van der Waals surface area contributed by atoms with Gasteiger partial charge in [0, 0.05) is 23.0 Å². The lowest BCUT2D eigenvalue weighted by Crippen LogP contribution is -1.89. The quantitative estimate of drug-likeness (QED) is 0.638. The number of hydrogen-bond donors (Lipinski definition) is 0. The van der Waals surface area contributed by atoms with E-state index in [0.717, 1.165) is 22.2 Å². The fourth-order valence-electron chi connectivity index (χ4n) is 2.09. The molecule has 2 aromatic carbocycles. The summed E-state index contributed by atoms with van der Waals surface area (Å²) in [6.07, 6.45) is 0. The minimum atomic E-state index is 0.692. The van der Waals surface area contributed by atoms with Gasteiger partial charge in [0.2, 0.25) is 0 Å². The fourth-order valence-corrected chi connectivity index (χ4v) is 2.49. The zero-order valence-corrected chi connectivity index (χ0v) is 11.2. The molecule has 0 atom stereocenters. The van der Waals surface area contributed by atoms with Crippen molar-refractivity contribution >= 4 is 34.1 Å². The molecule has 0 saturated carbocycles. The van der Waals surface area contributed by atoms with Gasteiger partial charge in [-0.2, -0.15) is 5.10 Å². The van der Waals surface area contributed by atoms with Gasteiger partial charge >= 0.3 is 0 Å². The van der Waals surface area contributed by atoms with Crippen molar-refractivity contribution in [2.45, 2.75) is 0 Å². The number of hydrogen-bond acceptors (Lipinski definition) is 1. The number of aromatic nitrogens is 2. The van der Waals surface area contributed by atoms with Crippen molar-refractivity contribution < 1.29 is 0 Å². The molecule has 0 radical (unpaired) electrons. The van der Waals surface area contributed by atoms with Crippen LogP contribution in [0.4, 0.5) is 0 Å². The Labute approximate surface area is 115 Å². The maximum Gasteiger partial charge on any atom is 0.102 e. The van der Waals surface area contributed by atoms with Gasteiger partial charge in [0.25, 0.3) is 0 Å². The van der Waals surface area contributed by atoms with Crippen LogP contribution in [0.25, 0.3) is 22.2 Å². The van der Waals surface area contributed by atoms with E-state index in [0.29, 0.717) is 10.0 Å². The van der Waals surface area contributed by atoms with E-state index >= 15 is 0 Å². The van der Waals surface area contributed by atoms with E-state index in [4.69, 9.17) is 23.2 Å². The number of nitrogens with zero attached hydrogens (tertiary/aromatic N) is 2. The van der Waals surface area contributed by atoms with Crippen LogP contribution in [-0.2, 0) is 7.05 Å². The second-order valence-corrected chi connectivity index (χ2v) is 4.96. The molecule has 1 aromatic heterocycles. The van der Waals surface area contributed by atoms with Crippen LogP contribution in [0.5, 0.6) is 0 Å². The van der Waals surface area contributed by atoms with Gasteiger partial charge in [-0.05, 0) is 24.3 Å². The number of rotatable bonds is 1. The molecule has 0 aliphatic rings. The van der Waals surface area contributed by atoms with E-state index in [2.05, 4.69) is 5.10 Å². The predicted octanol–water partition coefficient (Wildman–Crippen LogP) is 4.55. The second-order valence-electron chi connectivity index (χ2n) is 4.11. The van der Waals surface area contributed by atoms with Crippen molar-refractivity contribution in [3.05, 3.63) is 52.5 Å². The van der Waals surface area contributed by atoms with Gasteiger partial charge in [0.05, 0.1) is 10.5 Å². The third-order valence-electron chi connectivity index (χ3n) is 2.94. The van der Waals surface area contributed by atoms with Gasteiger partial charge in [-0.15, -0.1) is 0 Å². The van der Waals surface area contributed by atoms with Gasteiger partial charge in [-0.1, -0.05) is 41.4 Å². The van der Waals surface area contributed by atoms with Gasteiger partial charge in [-0.3, -0.25) is 4.68 Å². The Morgan fingerprint density at radius 1 is 1.06 bits per heavy atom. The molecule has 0 spiro atoms. The maximum absolute atomic E-state index is 6.23. The molecule has 3 aromatic rings. The van der Waals surface area contributed by atoms with Crippen molar-refractivity contribution in [2.75, 3.05) is 0 Å². The van der Waals surface area contributed by atoms with E-state index in [-0.39, 0.29) is 0 Å². The lowest BCUT2D eigenvalue weighted by Gasteiger charge is -2.00. The van der Waals surface area contributed by atoms with Gasteiger partial charge in [0.15, 0.2) is 0 Å². The first-order valence-electron chi connectivity index (χ1n) is 5.54. The van der Waals surface area contributed by atoms with Crippen LogP contribution in [0.2, 0.25) is 10.0 Å². The molecule has 90 valence electrons. The first kappa shape index (κ1) is 11.6. The Bertz CT molecular complexity index is 732. The molecule has 2 nitrogen and oxygen atoms in total. The van der Waals surface area contributed by atoms with E-state index in [1.165, 1.54) is 0 Å². The molecule has 3 rings (SSSR count). The van der Waals surface area contributed by atoms with Gasteiger partial charge < -0.3 is 0 Å². The van der Waals surface area contributed by atoms with Crippen molar-refractivity contribution in [1.29, 1.82) is 0 Å². The second kappa shape index (κ2) is 4.30. The molecule has 0 fully saturated rings. The smallest absolute Gasteiger partial charge is 0.102 e. The zero-order chi connectivity index (χ0) is 12.7. The molecule has 0 aliphatic heterocycles. The molecule has 0 amide bonds. The number of fused-ring (bicyclic) bond motifs is 1. The van der Waals surface area contributed by atoms with Crippen molar-refractivity contribution in [2.24, 2.45) is 7.05 Å². The minimum absolute atomic E-state index is 0.692. The van der Waals surface area contributed by atoms with Crippen LogP contribution in [-0.4, -0.2) is 9.78 Å². The van der Waals surface area contributed by atoms with Crippen LogP contribution >= 0.6 is 23.2 Å². The number of benzene rings is 2. The Morgan fingerprint density at radius 3 is 2.61 bits per heavy atom. The van der Waals surface area contributed by atoms with Gasteiger partial charge in [-0.25, -0.2) is 0 Å². The Morgan fingerprint density at radius 2 is 1.83 bits per heavy atom. The lowest BCUT2D eigenvalue weighted by molar-refractivity contribution is 0.800. The fraction of sp³-hybridized carbons (Fsp3) is 0.0714. The summed E-state index contributed by atoms with van der Waals surface area (Å²) in [6, 6.07) is 13.4. The average Bonchev–Trinajstić information content (AvgIpc) is 2.67. The van der Waals surface area contributed by atoms with Crippen molar-refractivity contribution in [3.63, 3.8) is 0 Å². The highest BCUT2D eigenvalue weighted by Gasteiger charge is 2.13. The van der Waals surface area contributed by atoms with E-state index in [1.807, 2.05) is 54.2 Å². The molecule has 0 aliphatic carbocycles. The van der Waals surface area contributed by atoms with Crippen LogP contribution in [0.1, 0.15) is 0 Å². The summed E-state index contributed by atoms with van der Waals surface area (Å²) in [7, 11) is 1.91. The van der Waals surface area contributed by atoms with Crippen LogP contribution < -0.4 is 0 Å². The Hall–Kier alpha value is -1.51. The van der Waals surface area contributed by atoms with Crippen molar-refractivity contribution in [1.82, 2.24) is 9.78 Å². The highest BCUT2D eigenvalue weighted by molar-refractivity contribution is 6.34. The topological polar surface area (TPSA) is 17.8 Å². The first-order valence-corrected chi connectivity index (χ1v) is 6.29. The third kappa shape index (κ3) is 1.78. The zero-order valence-electron chi connectivity index (χ0n) is 9.69. The highest BCUT2D eigenvalue weighted by atomic mass is 35.5. The standard InChI is InChI=1S/C14H10Cl2N2/c1-18-13-7-6-9(15)8-11(13)14(17-18)10-4-2-3-5-12(10)16/h2-8H,1H3. The summed E-state index contributed by atoms with van der Waals surface area (Å²) in [4.78, 5) is 0. The van der Waals surface area contributed by atoms with E-state index in [9.17, 15) is 0 Å². The maximum atomic E-state index is 6.23. The average molecular weight is 277 g/mol. The normalized spacial score (nSPS) is 11.1. The van der Waals surface area contributed by atoms with E-state index in [1.54, 1.807) is 0 Å². The Kier molecular flexibility index (Phi) is 2.77. The Balaban J connectivity index is 2.36. The molecule has 0 bridgehead atoms. The van der Waals surface area contributed by atoms with Crippen molar-refractivity contribution in [3.8, 4) is 11.3 Å². The summed E-state index contributed by atoms with van der Waals surface area (Å²) >= 11 is 12.3. The summed E-state index contributed by atoms with van der Waals surface area (Å²) in [6.45, 7) is 0. The van der Waals surface area contributed by atoms with E-state index < -0.39 is 0 Å². The lowest BCUT2D eigenvalue weighted by atomic mass is 10.1. The predicted molar refractivity (Wildman–Crippen MR) is 76.2 cm³/mol. The highest BCUT2D eigenvalue weighted by Crippen LogP contribution is 2.33. The van der Waals surface area contributed by atoms with Crippen LogP contribution in [0.3, 0.4) is 0 Å². The SMILES string of the molecule is Cn1nc(-c2ccccc2Cl)c2cc(Cl)ccc21. The molecule has 18 heavy (non-hydrogen) atoms. The molecular formula is C14H10Cl2N2. The summed E-state index contributed by atoms with van der Waals surface area (Å²) in [5.41, 5.74) is 2.82. The molecular weight excluding hydrogens is 267 g/mol. The number of aryl methyl sites for hydroxylation is 1. The monoisotopic (exact) mass is 276 g/mol. The third-order valence-corrected chi connectivity index (χ3v) is 3.51. The molecule has 0 saturated heterocycles. The molecule has 0 N–H and O–H groups in total. The summed E-state index contributed by atoms with van der Waals surface area (Å²) < 4.78 is 1.84. The summed E-state index contributed by atoms with van der Waals surface area (Å²) in [5.74, 6) is 0. The minimum Gasteiger partial charge on any atom is -0.267 e. The summed E-state index contributed by atoms with van der Waals surface area (Å²) in [5, 5.41) is 6.94. The molecule has 0 unspecified atom stereocenters. The van der Waals surface area contributed by atoms with Crippen LogP contribution in [0.15, 0.2) is 42.5 Å². The van der Waals surface area contributed by atoms with Gasteiger partial charge in [0.1, 0.15) is 5.69 Å². The molecule has 1 heterocycles. The molecule has 4 heteroatoms. The first-order chi connectivity index (χ1) is 8.66. The largest absolute Gasteiger partial charge is 0.267 e.